The highest BCUT2D eigenvalue weighted by atomic mass is 28.3. The van der Waals surface area contributed by atoms with Crippen molar-refractivity contribution >= 4 is 51.3 Å². The van der Waals surface area contributed by atoms with E-state index < -0.39 is 24.4 Å². The van der Waals surface area contributed by atoms with Crippen molar-refractivity contribution in [2.24, 2.45) is 0 Å². The molecule has 0 aliphatic carbocycles. The van der Waals surface area contributed by atoms with Gasteiger partial charge in [-0.05, 0) is 40.8 Å². The zero-order valence-electron chi connectivity index (χ0n) is 24.8. The molecule has 0 radical (unpaired) electrons. The Morgan fingerprint density at radius 3 is 1.34 bits per heavy atom. The molecule has 0 saturated heterocycles. The largest absolute Gasteiger partial charge is 0.466 e. The zero-order valence-corrected chi connectivity index (χ0v) is 27.8. The summed E-state index contributed by atoms with van der Waals surface area (Å²) in [5.41, 5.74) is 2.11. The second-order valence-electron chi connectivity index (χ2n) is 12.2. The van der Waals surface area contributed by atoms with Crippen LogP contribution in [0.15, 0.2) is 66.7 Å². The van der Waals surface area contributed by atoms with Crippen molar-refractivity contribution in [3.63, 3.8) is 0 Å². The molecule has 0 unspecified atom stereocenters. The molecule has 0 aliphatic rings. The van der Waals surface area contributed by atoms with Crippen LogP contribution in [0.5, 0.6) is 11.5 Å². The van der Waals surface area contributed by atoms with Gasteiger partial charge < -0.3 is 23.5 Å². The third kappa shape index (κ3) is 6.60. The van der Waals surface area contributed by atoms with Gasteiger partial charge in [-0.2, -0.15) is 0 Å². The monoisotopic (exact) mass is 567 g/mol. The Morgan fingerprint density at radius 1 is 0.553 bits per heavy atom. The molecule has 0 aliphatic heterocycles. The quantitative estimate of drug-likeness (QED) is 0.199. The summed E-state index contributed by atoms with van der Waals surface area (Å²) in [5, 5.41) is 3.87. The number of anilines is 2. The second-order valence-corrected chi connectivity index (χ2v) is 26.4. The van der Waals surface area contributed by atoms with Crippen LogP contribution >= 0.6 is 0 Å². The van der Waals surface area contributed by atoms with Crippen LogP contribution < -0.4 is 29.6 Å². The molecule has 0 N–H and O–H groups in total. The Hall–Kier alpha value is -2.37. The zero-order chi connectivity index (χ0) is 28.1. The summed E-state index contributed by atoms with van der Waals surface area (Å²) >= 11 is 0. The van der Waals surface area contributed by atoms with Gasteiger partial charge in [0, 0.05) is 14.2 Å². The summed E-state index contributed by atoms with van der Waals surface area (Å²) in [5.74, 6) is 1.81. The van der Waals surface area contributed by atoms with Crippen LogP contribution in [0.25, 0.3) is 0 Å². The van der Waals surface area contributed by atoms with Crippen LogP contribution in [0.2, 0.25) is 52.4 Å². The van der Waals surface area contributed by atoms with Crippen molar-refractivity contribution in [3.8, 4) is 11.5 Å². The van der Waals surface area contributed by atoms with Crippen molar-refractivity contribution in [1.82, 2.24) is 0 Å². The van der Waals surface area contributed by atoms with Gasteiger partial charge in [0.25, 0.3) is 0 Å². The summed E-state index contributed by atoms with van der Waals surface area (Å²) in [6, 6.07) is 24.0. The summed E-state index contributed by atoms with van der Waals surface area (Å²) < 4.78 is 26.2. The van der Waals surface area contributed by atoms with Crippen LogP contribution in [0.4, 0.5) is 11.4 Å². The molecule has 0 atom stereocenters. The number of hydrogen-bond acceptors (Lipinski definition) is 5. The molecular formula is C30H45NO4Si3. The average molecular weight is 568 g/mol. The van der Waals surface area contributed by atoms with Gasteiger partial charge in [-0.25, -0.2) is 0 Å². The highest BCUT2D eigenvalue weighted by Crippen LogP contribution is 2.42. The van der Waals surface area contributed by atoms with Crippen LogP contribution in [-0.4, -0.2) is 52.2 Å². The van der Waals surface area contributed by atoms with E-state index in [0.29, 0.717) is 0 Å². The molecule has 8 heteroatoms. The number of rotatable bonds is 12. The molecule has 0 fully saturated rings. The fraction of sp³-hybridized carbons (Fsp3) is 0.400. The minimum Gasteiger partial charge on any atom is -0.466 e. The van der Waals surface area contributed by atoms with E-state index in [-0.39, 0.29) is 13.6 Å². The molecule has 5 nitrogen and oxygen atoms in total. The van der Waals surface area contributed by atoms with Crippen LogP contribution in [0.1, 0.15) is 0 Å². The molecule has 0 spiro atoms. The number of nitrogens with zero attached hydrogens (tertiary/aromatic N) is 1. The number of ether oxygens (including phenoxy) is 4. The smallest absolute Gasteiger partial charge is 0.188 e. The predicted molar refractivity (Wildman–Crippen MR) is 170 cm³/mol. The molecule has 3 rings (SSSR count). The first-order chi connectivity index (χ1) is 17.8. The fourth-order valence-electron chi connectivity index (χ4n) is 4.83. The molecule has 206 valence electrons. The average Bonchev–Trinajstić information content (AvgIpc) is 2.86. The van der Waals surface area contributed by atoms with E-state index in [4.69, 9.17) is 18.9 Å². The van der Waals surface area contributed by atoms with Gasteiger partial charge >= 0.3 is 0 Å². The summed E-state index contributed by atoms with van der Waals surface area (Å²) in [7, 11) is -2.54. The number of methoxy groups -OCH3 is 2. The lowest BCUT2D eigenvalue weighted by Gasteiger charge is -2.42. The minimum atomic E-state index is -2.37. The first-order valence-electron chi connectivity index (χ1n) is 13.2. The maximum absolute atomic E-state index is 6.43. The van der Waals surface area contributed by atoms with Crippen molar-refractivity contribution in [3.05, 3.63) is 66.7 Å². The molecule has 0 aromatic heterocycles. The summed E-state index contributed by atoms with van der Waals surface area (Å²) in [6.07, 6.45) is 0. The van der Waals surface area contributed by atoms with Crippen LogP contribution in [0.3, 0.4) is 0 Å². The Balaban J connectivity index is 2.44. The molecule has 0 saturated carbocycles. The molecule has 3 aromatic carbocycles. The Bertz CT molecular complexity index is 1130. The molecular weight excluding hydrogens is 523 g/mol. The van der Waals surface area contributed by atoms with E-state index in [1.54, 1.807) is 14.2 Å². The second kappa shape index (κ2) is 12.2. The van der Waals surface area contributed by atoms with Gasteiger partial charge in [0.05, 0.1) is 27.5 Å². The van der Waals surface area contributed by atoms with Crippen LogP contribution in [-0.2, 0) is 9.47 Å². The molecule has 0 heterocycles. The van der Waals surface area contributed by atoms with Crippen molar-refractivity contribution in [2.75, 3.05) is 32.4 Å². The van der Waals surface area contributed by atoms with E-state index >= 15 is 0 Å². The van der Waals surface area contributed by atoms with Gasteiger partial charge in [0.2, 0.25) is 0 Å². The lowest BCUT2D eigenvalue weighted by atomic mass is 10.2. The third-order valence-corrected chi connectivity index (χ3v) is 14.1. The fourth-order valence-corrected chi connectivity index (χ4v) is 10.6. The van der Waals surface area contributed by atoms with E-state index in [9.17, 15) is 0 Å². The molecule has 3 aromatic rings. The number of hydrogen-bond donors (Lipinski definition) is 0. The standard InChI is InChI=1S/C30H45NO4Si3/c1-32-22-34-29-25(18-14-20-27(29)36(3,4)5)31(38(9,10)24-16-12-11-13-17-24)26-19-15-21-28(37(6,7)8)30(26)35-23-33-2/h11-21H,22-23H2,1-10H3. The highest BCUT2D eigenvalue weighted by Gasteiger charge is 2.39. The maximum atomic E-state index is 6.43. The van der Waals surface area contributed by atoms with E-state index in [2.05, 4.69) is 124 Å². The minimum absolute atomic E-state index is 0.192. The van der Waals surface area contributed by atoms with E-state index in [0.717, 1.165) is 22.9 Å². The first kappa shape index (κ1) is 30.2. The number of para-hydroxylation sites is 2. The van der Waals surface area contributed by atoms with Gasteiger partial charge in [-0.3, -0.25) is 0 Å². The summed E-state index contributed by atoms with van der Waals surface area (Å²) in [4.78, 5) is 0. The van der Waals surface area contributed by atoms with E-state index in [1.807, 2.05) is 0 Å². The van der Waals surface area contributed by atoms with Gasteiger partial charge in [0.15, 0.2) is 21.8 Å². The molecule has 0 bridgehead atoms. The highest BCUT2D eigenvalue weighted by molar-refractivity contribution is 6.94. The maximum Gasteiger partial charge on any atom is 0.188 e. The lowest BCUT2D eigenvalue weighted by molar-refractivity contribution is 0.0518. The normalized spacial score (nSPS) is 12.4. The third-order valence-electron chi connectivity index (χ3n) is 6.77. The SMILES string of the molecule is COCOc1c(N(c2cccc([Si](C)(C)C)c2OCOC)[Si](C)(C)c2ccccc2)cccc1[Si](C)(C)C. The number of benzene rings is 3. The molecule has 38 heavy (non-hydrogen) atoms. The van der Waals surface area contributed by atoms with Gasteiger partial charge in [-0.1, -0.05) is 93.9 Å². The van der Waals surface area contributed by atoms with E-state index in [1.165, 1.54) is 15.6 Å². The Morgan fingerprint density at radius 2 is 0.974 bits per heavy atom. The Kier molecular flexibility index (Phi) is 9.70. The van der Waals surface area contributed by atoms with Crippen molar-refractivity contribution in [2.45, 2.75) is 52.4 Å². The first-order valence-corrected chi connectivity index (χ1v) is 23.1. The topological polar surface area (TPSA) is 40.2 Å². The molecule has 0 amide bonds. The van der Waals surface area contributed by atoms with Crippen molar-refractivity contribution < 1.29 is 18.9 Å². The Labute approximate surface area is 232 Å². The predicted octanol–water partition coefficient (Wildman–Crippen LogP) is 5.99. The van der Waals surface area contributed by atoms with Crippen LogP contribution in [0, 0.1) is 0 Å². The van der Waals surface area contributed by atoms with Crippen molar-refractivity contribution in [1.29, 1.82) is 0 Å². The van der Waals surface area contributed by atoms with Gasteiger partial charge in [-0.15, -0.1) is 0 Å². The summed E-state index contributed by atoms with van der Waals surface area (Å²) in [6.45, 7) is 19.3. The van der Waals surface area contributed by atoms with Gasteiger partial charge in [0.1, 0.15) is 11.5 Å². The lowest BCUT2D eigenvalue weighted by Crippen LogP contribution is -2.57.